The number of ketones is 1. The molecule has 0 aromatic rings. The van der Waals surface area contributed by atoms with Crippen LogP contribution in [-0.2, 0) is 9.53 Å². The van der Waals surface area contributed by atoms with E-state index in [9.17, 15) is 4.79 Å². The summed E-state index contributed by atoms with van der Waals surface area (Å²) in [5.74, 6) is 1.51. The molecule has 0 radical (unpaired) electrons. The van der Waals surface area contributed by atoms with Crippen LogP contribution in [0.25, 0.3) is 0 Å². The van der Waals surface area contributed by atoms with Crippen LogP contribution < -0.4 is 0 Å². The zero-order valence-electron chi connectivity index (χ0n) is 13.1. The third kappa shape index (κ3) is 6.38. The predicted molar refractivity (Wildman–Crippen MR) is 80.2 cm³/mol. The van der Waals surface area contributed by atoms with Gasteiger partial charge in [-0.15, -0.1) is 0 Å². The summed E-state index contributed by atoms with van der Waals surface area (Å²) < 4.78 is 5.69. The summed E-state index contributed by atoms with van der Waals surface area (Å²) in [5, 5.41) is 0. The Morgan fingerprint density at radius 1 is 1.37 bits per heavy atom. The molecule has 1 heterocycles. The molecule has 0 amide bonds. The number of ether oxygens (including phenoxy) is 1. The fourth-order valence-electron chi connectivity index (χ4n) is 2.78. The predicted octanol–water partition coefficient (Wildman–Crippen LogP) is 4.53. The van der Waals surface area contributed by atoms with Crippen LogP contribution in [0.1, 0.15) is 66.2 Å². The Morgan fingerprint density at radius 3 is 2.58 bits per heavy atom. The van der Waals surface area contributed by atoms with E-state index in [0.717, 1.165) is 31.8 Å². The lowest BCUT2D eigenvalue weighted by molar-refractivity contribution is -0.133. The first-order valence-corrected chi connectivity index (χ1v) is 7.82. The minimum atomic E-state index is -0.135. The molecule has 1 rings (SSSR count). The number of unbranched alkanes of at least 4 members (excludes halogenated alkanes) is 1. The van der Waals surface area contributed by atoms with Crippen molar-refractivity contribution < 1.29 is 9.53 Å². The largest absolute Gasteiger partial charge is 0.370 e. The minimum absolute atomic E-state index is 0.135. The van der Waals surface area contributed by atoms with E-state index in [0.29, 0.717) is 5.92 Å². The summed E-state index contributed by atoms with van der Waals surface area (Å²) in [5.41, 5.74) is 1.59. The Balaban J connectivity index is 2.45. The number of carbonyl (C=O) groups excluding carboxylic acids is 1. The standard InChI is InChI=1S/C17H30O2/c1-5-6-7-15(10-13(2)3)11-16-8-9-17(14(4)18)19-12-16/h7,13,16-17H,5-6,8-12H2,1-4H3/b15-7+/t16-,17+/m0/s1. The van der Waals surface area contributed by atoms with E-state index in [1.54, 1.807) is 12.5 Å². The van der Waals surface area contributed by atoms with Crippen molar-refractivity contribution in [3.05, 3.63) is 11.6 Å². The molecule has 2 nitrogen and oxygen atoms in total. The van der Waals surface area contributed by atoms with Gasteiger partial charge in [0.05, 0.1) is 6.61 Å². The number of carbonyl (C=O) groups is 1. The average molecular weight is 266 g/mol. The highest BCUT2D eigenvalue weighted by atomic mass is 16.5. The summed E-state index contributed by atoms with van der Waals surface area (Å²) in [6.45, 7) is 9.18. The van der Waals surface area contributed by atoms with E-state index in [1.165, 1.54) is 19.3 Å². The molecular weight excluding hydrogens is 236 g/mol. The van der Waals surface area contributed by atoms with Crippen LogP contribution in [0.15, 0.2) is 11.6 Å². The number of Topliss-reactive ketones (excluding diaryl/α,β-unsaturated/α-hetero) is 1. The van der Waals surface area contributed by atoms with Gasteiger partial charge in [0.1, 0.15) is 6.10 Å². The lowest BCUT2D eigenvalue weighted by atomic mass is 9.87. The van der Waals surface area contributed by atoms with E-state index in [-0.39, 0.29) is 11.9 Å². The van der Waals surface area contributed by atoms with E-state index < -0.39 is 0 Å². The van der Waals surface area contributed by atoms with Gasteiger partial charge < -0.3 is 4.74 Å². The molecule has 1 aliphatic rings. The van der Waals surface area contributed by atoms with Crippen molar-refractivity contribution in [1.82, 2.24) is 0 Å². The summed E-state index contributed by atoms with van der Waals surface area (Å²) in [4.78, 5) is 11.3. The van der Waals surface area contributed by atoms with Gasteiger partial charge in [0.25, 0.3) is 0 Å². The molecule has 0 bridgehead atoms. The third-order valence-corrected chi connectivity index (χ3v) is 3.77. The lowest BCUT2D eigenvalue weighted by Gasteiger charge is -2.28. The fourth-order valence-corrected chi connectivity index (χ4v) is 2.78. The molecule has 0 saturated carbocycles. The molecule has 2 heteroatoms. The highest BCUT2D eigenvalue weighted by Crippen LogP contribution is 2.28. The van der Waals surface area contributed by atoms with E-state index in [1.807, 2.05) is 0 Å². The molecule has 1 saturated heterocycles. The van der Waals surface area contributed by atoms with Crippen LogP contribution in [0.3, 0.4) is 0 Å². The van der Waals surface area contributed by atoms with Crippen molar-refractivity contribution in [2.75, 3.05) is 6.61 Å². The zero-order chi connectivity index (χ0) is 14.3. The van der Waals surface area contributed by atoms with Gasteiger partial charge in [0.15, 0.2) is 5.78 Å². The highest BCUT2D eigenvalue weighted by molar-refractivity contribution is 5.80. The number of allylic oxidation sites excluding steroid dienone is 2. The second-order valence-corrected chi connectivity index (χ2v) is 6.33. The molecule has 0 aliphatic carbocycles. The molecule has 0 aromatic carbocycles. The molecule has 1 fully saturated rings. The van der Waals surface area contributed by atoms with Gasteiger partial charge >= 0.3 is 0 Å². The Bertz CT molecular complexity index is 296. The zero-order valence-corrected chi connectivity index (χ0v) is 13.1. The lowest BCUT2D eigenvalue weighted by Crippen LogP contribution is -2.31. The summed E-state index contributed by atoms with van der Waals surface area (Å²) in [6.07, 6.45) is 9.09. The summed E-state index contributed by atoms with van der Waals surface area (Å²) >= 11 is 0. The Hall–Kier alpha value is -0.630. The first-order valence-electron chi connectivity index (χ1n) is 7.82. The average Bonchev–Trinajstić information content (AvgIpc) is 2.36. The van der Waals surface area contributed by atoms with Gasteiger partial charge in [-0.2, -0.15) is 0 Å². The molecule has 0 spiro atoms. The number of rotatable bonds is 7. The monoisotopic (exact) mass is 266 g/mol. The van der Waals surface area contributed by atoms with Crippen molar-refractivity contribution in [1.29, 1.82) is 0 Å². The second kappa shape index (κ2) is 8.52. The smallest absolute Gasteiger partial charge is 0.158 e. The van der Waals surface area contributed by atoms with Gasteiger partial charge in [-0.3, -0.25) is 4.79 Å². The molecule has 0 N–H and O–H groups in total. The van der Waals surface area contributed by atoms with Crippen molar-refractivity contribution in [3.63, 3.8) is 0 Å². The Kier molecular flexibility index (Phi) is 7.37. The van der Waals surface area contributed by atoms with E-state index >= 15 is 0 Å². The molecule has 1 aliphatic heterocycles. The van der Waals surface area contributed by atoms with Crippen LogP contribution in [0, 0.1) is 11.8 Å². The normalized spacial score (nSPS) is 24.8. The molecular formula is C17H30O2. The molecule has 0 aromatic heterocycles. The molecule has 0 unspecified atom stereocenters. The Morgan fingerprint density at radius 2 is 2.11 bits per heavy atom. The van der Waals surface area contributed by atoms with Crippen molar-refractivity contribution in [3.8, 4) is 0 Å². The minimum Gasteiger partial charge on any atom is -0.370 e. The molecule has 19 heavy (non-hydrogen) atoms. The Labute approximate surface area is 118 Å². The van der Waals surface area contributed by atoms with Crippen LogP contribution >= 0.6 is 0 Å². The van der Waals surface area contributed by atoms with Crippen LogP contribution in [0.2, 0.25) is 0 Å². The quantitative estimate of drug-likeness (QED) is 0.633. The van der Waals surface area contributed by atoms with Gasteiger partial charge in [-0.05, 0) is 50.9 Å². The van der Waals surface area contributed by atoms with Crippen LogP contribution in [-0.4, -0.2) is 18.5 Å². The van der Waals surface area contributed by atoms with Crippen molar-refractivity contribution in [2.45, 2.75) is 72.3 Å². The maximum atomic E-state index is 11.3. The van der Waals surface area contributed by atoms with Gasteiger partial charge in [-0.1, -0.05) is 38.8 Å². The highest BCUT2D eigenvalue weighted by Gasteiger charge is 2.25. The van der Waals surface area contributed by atoms with Gasteiger partial charge in [-0.25, -0.2) is 0 Å². The fraction of sp³-hybridized carbons (Fsp3) is 0.824. The van der Waals surface area contributed by atoms with Gasteiger partial charge in [0.2, 0.25) is 0 Å². The SMILES string of the molecule is CCC/C=C(\CC(C)C)C[C@@H]1CC[C@H](C(C)=O)OC1. The van der Waals surface area contributed by atoms with E-state index in [4.69, 9.17) is 4.74 Å². The second-order valence-electron chi connectivity index (χ2n) is 6.33. The number of hydrogen-bond acceptors (Lipinski definition) is 2. The maximum absolute atomic E-state index is 11.3. The van der Waals surface area contributed by atoms with Crippen molar-refractivity contribution >= 4 is 5.78 Å². The first kappa shape index (κ1) is 16.4. The first-order chi connectivity index (χ1) is 9.02. The topological polar surface area (TPSA) is 26.3 Å². The van der Waals surface area contributed by atoms with Gasteiger partial charge in [0, 0.05) is 0 Å². The van der Waals surface area contributed by atoms with Crippen molar-refractivity contribution in [2.24, 2.45) is 11.8 Å². The summed E-state index contributed by atoms with van der Waals surface area (Å²) in [6, 6.07) is 0. The van der Waals surface area contributed by atoms with E-state index in [2.05, 4.69) is 26.8 Å². The number of hydrogen-bond donors (Lipinski definition) is 0. The molecule has 2 atom stereocenters. The summed E-state index contributed by atoms with van der Waals surface area (Å²) in [7, 11) is 0. The third-order valence-electron chi connectivity index (χ3n) is 3.77. The van der Waals surface area contributed by atoms with Crippen LogP contribution in [0.5, 0.6) is 0 Å². The maximum Gasteiger partial charge on any atom is 0.158 e. The molecule has 110 valence electrons. The van der Waals surface area contributed by atoms with Crippen LogP contribution in [0.4, 0.5) is 0 Å².